The molecule has 1 unspecified atom stereocenters. The molecule has 150 valence electrons. The van der Waals surface area contributed by atoms with Gasteiger partial charge >= 0.3 is 12.0 Å². The lowest BCUT2D eigenvalue weighted by Gasteiger charge is -2.14. The van der Waals surface area contributed by atoms with Crippen molar-refractivity contribution in [1.82, 2.24) is 10.3 Å². The van der Waals surface area contributed by atoms with Crippen molar-refractivity contribution < 1.29 is 18.7 Å². The van der Waals surface area contributed by atoms with Crippen LogP contribution in [0.25, 0.3) is 0 Å². The molecule has 3 aromatic rings. The van der Waals surface area contributed by atoms with Crippen molar-refractivity contribution in [3.05, 3.63) is 82.5 Å². The molecule has 2 aromatic carbocycles. The largest absolute Gasteiger partial charge is 0.444 e. The summed E-state index contributed by atoms with van der Waals surface area (Å²) in [6.45, 7) is 3.73. The highest BCUT2D eigenvalue weighted by Gasteiger charge is 2.16. The molecule has 0 bridgehead atoms. The number of anilines is 1. The minimum Gasteiger partial charge on any atom is -0.444 e. The Balaban J connectivity index is 1.50. The number of rotatable bonds is 6. The number of nitrogens with zero attached hydrogens (tertiary/aromatic N) is 1. The Bertz CT molecular complexity index is 984. The normalized spacial score (nSPS) is 11.6. The van der Waals surface area contributed by atoms with Crippen molar-refractivity contribution >= 4 is 29.3 Å². The van der Waals surface area contributed by atoms with Gasteiger partial charge < -0.3 is 14.5 Å². The number of aromatic nitrogens is 1. The van der Waals surface area contributed by atoms with Crippen LogP contribution in [0.4, 0.5) is 10.5 Å². The van der Waals surface area contributed by atoms with Gasteiger partial charge in [-0.25, -0.2) is 9.78 Å². The van der Waals surface area contributed by atoms with E-state index in [1.165, 1.54) is 6.26 Å². The molecule has 29 heavy (non-hydrogen) atoms. The average Bonchev–Trinajstić information content (AvgIpc) is 3.14. The Morgan fingerprint density at radius 1 is 1.14 bits per heavy atom. The fourth-order valence-electron chi connectivity index (χ4n) is 2.54. The maximum absolute atomic E-state index is 12.1. The van der Waals surface area contributed by atoms with Crippen LogP contribution >= 0.6 is 11.6 Å². The van der Waals surface area contributed by atoms with E-state index < -0.39 is 12.0 Å². The van der Waals surface area contributed by atoms with E-state index >= 15 is 0 Å². The molecule has 1 aromatic heterocycles. The first-order valence-corrected chi connectivity index (χ1v) is 9.29. The van der Waals surface area contributed by atoms with Gasteiger partial charge in [0, 0.05) is 10.7 Å². The van der Waals surface area contributed by atoms with Gasteiger partial charge in [-0.3, -0.25) is 10.1 Å². The lowest BCUT2D eigenvalue weighted by Crippen LogP contribution is -2.26. The van der Waals surface area contributed by atoms with Gasteiger partial charge in [-0.15, -0.1) is 0 Å². The summed E-state index contributed by atoms with van der Waals surface area (Å²) in [6, 6.07) is 13.9. The van der Waals surface area contributed by atoms with E-state index in [1.54, 1.807) is 55.5 Å². The highest BCUT2D eigenvalue weighted by atomic mass is 35.5. The molecule has 8 heteroatoms. The smallest absolute Gasteiger partial charge is 0.411 e. The maximum atomic E-state index is 12.1. The monoisotopic (exact) mass is 413 g/mol. The molecule has 0 aliphatic rings. The number of aryl methyl sites for hydroxylation is 1. The number of hydrogen-bond donors (Lipinski definition) is 2. The van der Waals surface area contributed by atoms with Crippen LogP contribution in [0.3, 0.4) is 0 Å². The van der Waals surface area contributed by atoms with Gasteiger partial charge in [-0.2, -0.15) is 0 Å². The Hall–Kier alpha value is -3.32. The summed E-state index contributed by atoms with van der Waals surface area (Å²) in [4.78, 5) is 28.1. The summed E-state index contributed by atoms with van der Waals surface area (Å²) in [7, 11) is 0. The molecule has 3 rings (SSSR count). The average molecular weight is 414 g/mol. The van der Waals surface area contributed by atoms with E-state index in [0.29, 0.717) is 16.4 Å². The molecular formula is C21H20ClN3O4. The lowest BCUT2D eigenvalue weighted by molar-refractivity contribution is 0.0904. The van der Waals surface area contributed by atoms with Crippen molar-refractivity contribution in [2.24, 2.45) is 0 Å². The Morgan fingerprint density at radius 2 is 1.83 bits per heavy atom. The molecule has 0 saturated heterocycles. The number of hydrogen-bond acceptors (Lipinski definition) is 5. The van der Waals surface area contributed by atoms with Crippen LogP contribution in [-0.4, -0.2) is 17.0 Å². The summed E-state index contributed by atoms with van der Waals surface area (Å²) >= 11 is 5.83. The zero-order valence-corrected chi connectivity index (χ0v) is 16.7. The minimum atomic E-state index is -0.562. The van der Waals surface area contributed by atoms with Gasteiger partial charge in [0.2, 0.25) is 0 Å². The standard InChI is InChI=1S/C21H20ClN3O4/c1-13-11-28-20(23-13)19(26)24-14(2)16-5-9-18(10-6-16)25-21(27)29-12-15-3-7-17(22)8-4-15/h3-11,14H,12H2,1-2H3,(H,24,26)(H,25,27). The van der Waals surface area contributed by atoms with Crippen molar-refractivity contribution in [2.75, 3.05) is 5.32 Å². The quantitative estimate of drug-likeness (QED) is 0.600. The second-order valence-corrected chi connectivity index (χ2v) is 6.88. The van der Waals surface area contributed by atoms with Crippen LogP contribution < -0.4 is 10.6 Å². The second-order valence-electron chi connectivity index (χ2n) is 6.44. The van der Waals surface area contributed by atoms with E-state index in [9.17, 15) is 9.59 Å². The maximum Gasteiger partial charge on any atom is 0.411 e. The highest BCUT2D eigenvalue weighted by Crippen LogP contribution is 2.17. The van der Waals surface area contributed by atoms with Crippen molar-refractivity contribution in [2.45, 2.75) is 26.5 Å². The summed E-state index contributed by atoms with van der Waals surface area (Å²) in [6.07, 6.45) is 0.861. The number of amides is 2. The molecular weight excluding hydrogens is 394 g/mol. The molecule has 0 radical (unpaired) electrons. The van der Waals surface area contributed by atoms with E-state index in [4.69, 9.17) is 20.8 Å². The van der Waals surface area contributed by atoms with E-state index in [-0.39, 0.29) is 18.5 Å². The number of nitrogens with one attached hydrogen (secondary N) is 2. The summed E-state index contributed by atoms with van der Waals surface area (Å²) < 4.78 is 10.3. The predicted molar refractivity (Wildman–Crippen MR) is 109 cm³/mol. The van der Waals surface area contributed by atoms with Gasteiger partial charge in [0.25, 0.3) is 5.89 Å². The SMILES string of the molecule is Cc1coc(C(=O)NC(C)c2ccc(NC(=O)OCc3ccc(Cl)cc3)cc2)n1. The molecule has 1 atom stereocenters. The molecule has 2 N–H and O–H groups in total. The Morgan fingerprint density at radius 3 is 2.45 bits per heavy atom. The van der Waals surface area contributed by atoms with Crippen molar-refractivity contribution in [3.8, 4) is 0 Å². The third-order valence-electron chi connectivity index (χ3n) is 4.10. The first-order chi connectivity index (χ1) is 13.9. The number of halogens is 1. The number of oxazole rings is 1. The van der Waals surface area contributed by atoms with Crippen LogP contribution in [0.1, 0.15) is 40.5 Å². The van der Waals surface area contributed by atoms with Crippen LogP contribution in [0.2, 0.25) is 5.02 Å². The first kappa shape index (κ1) is 20.4. The fourth-order valence-corrected chi connectivity index (χ4v) is 2.66. The van der Waals surface area contributed by atoms with Crippen molar-refractivity contribution in [3.63, 3.8) is 0 Å². The van der Waals surface area contributed by atoms with E-state index in [1.807, 2.05) is 6.92 Å². The number of carbonyl (C=O) groups is 2. The van der Waals surface area contributed by atoms with Crippen LogP contribution in [0.15, 0.2) is 59.2 Å². The van der Waals surface area contributed by atoms with Gasteiger partial charge in [-0.1, -0.05) is 35.9 Å². The fraction of sp³-hybridized carbons (Fsp3) is 0.190. The number of ether oxygens (including phenoxy) is 1. The third-order valence-corrected chi connectivity index (χ3v) is 4.35. The molecule has 1 heterocycles. The number of benzene rings is 2. The van der Waals surface area contributed by atoms with Crippen LogP contribution in [-0.2, 0) is 11.3 Å². The first-order valence-electron chi connectivity index (χ1n) is 8.92. The molecule has 0 aliphatic heterocycles. The topological polar surface area (TPSA) is 93.5 Å². The van der Waals surface area contributed by atoms with Gasteiger partial charge in [0.15, 0.2) is 0 Å². The molecule has 0 aliphatic carbocycles. The minimum absolute atomic E-state index is 0.0241. The van der Waals surface area contributed by atoms with Gasteiger partial charge in [-0.05, 0) is 49.2 Å². The molecule has 0 saturated carbocycles. The molecule has 2 amide bonds. The highest BCUT2D eigenvalue weighted by molar-refractivity contribution is 6.30. The lowest BCUT2D eigenvalue weighted by atomic mass is 10.1. The molecule has 0 fully saturated rings. The summed E-state index contributed by atoms with van der Waals surface area (Å²) in [5.41, 5.74) is 2.92. The second kappa shape index (κ2) is 9.25. The van der Waals surface area contributed by atoms with Crippen LogP contribution in [0, 0.1) is 6.92 Å². The summed E-state index contributed by atoms with van der Waals surface area (Å²) in [5.74, 6) is -0.366. The van der Waals surface area contributed by atoms with Crippen LogP contribution in [0.5, 0.6) is 0 Å². The third kappa shape index (κ3) is 5.83. The summed E-state index contributed by atoms with van der Waals surface area (Å²) in [5, 5.41) is 6.10. The van der Waals surface area contributed by atoms with E-state index in [0.717, 1.165) is 11.1 Å². The van der Waals surface area contributed by atoms with Gasteiger partial charge in [0.1, 0.15) is 12.9 Å². The van der Waals surface area contributed by atoms with E-state index in [2.05, 4.69) is 15.6 Å². The number of carbonyl (C=O) groups excluding carboxylic acids is 2. The Labute approximate surface area is 173 Å². The Kier molecular flexibility index (Phi) is 6.51. The zero-order valence-electron chi connectivity index (χ0n) is 15.9. The molecule has 7 nitrogen and oxygen atoms in total. The van der Waals surface area contributed by atoms with Crippen molar-refractivity contribution in [1.29, 1.82) is 0 Å². The van der Waals surface area contributed by atoms with Gasteiger partial charge in [0.05, 0.1) is 11.7 Å². The predicted octanol–water partition coefficient (Wildman–Crippen LogP) is 4.88. The molecule has 0 spiro atoms. The zero-order chi connectivity index (χ0) is 20.8.